The maximum atomic E-state index is 5.90. The number of rotatable bonds is 6. The molecule has 0 amide bonds. The summed E-state index contributed by atoms with van der Waals surface area (Å²) in [6.07, 6.45) is 6.77. The minimum Gasteiger partial charge on any atom is -0.375 e. The Morgan fingerprint density at radius 3 is 2.89 bits per heavy atom. The van der Waals surface area contributed by atoms with E-state index in [0.717, 1.165) is 23.0 Å². The molecule has 0 bridgehead atoms. The lowest BCUT2D eigenvalue weighted by molar-refractivity contribution is -0.109. The number of benzene rings is 1. The summed E-state index contributed by atoms with van der Waals surface area (Å²) in [7, 11) is 0. The third kappa shape index (κ3) is 5.68. The van der Waals surface area contributed by atoms with Gasteiger partial charge in [-0.2, -0.15) is 0 Å². The summed E-state index contributed by atoms with van der Waals surface area (Å²) in [6, 6.07) is 10.2. The largest absolute Gasteiger partial charge is 0.375 e. The van der Waals surface area contributed by atoms with Crippen LogP contribution in [0.25, 0.3) is 0 Å². The number of hydrogen-bond donors (Lipinski definition) is 2. The molecule has 1 saturated heterocycles. The van der Waals surface area contributed by atoms with Gasteiger partial charge < -0.3 is 14.5 Å². The number of imidazole rings is 1. The molecule has 3 rings (SSSR count). The van der Waals surface area contributed by atoms with Crippen molar-refractivity contribution < 1.29 is 14.9 Å². The monoisotopic (exact) mass is 405 g/mol. The van der Waals surface area contributed by atoms with Crippen LogP contribution in [0.4, 0.5) is 0 Å². The first-order valence-corrected chi connectivity index (χ1v) is 11.2. The first-order chi connectivity index (χ1) is 13.2. The summed E-state index contributed by atoms with van der Waals surface area (Å²) in [6.45, 7) is 1.88. The zero-order valence-electron chi connectivity index (χ0n) is 15.6. The van der Waals surface area contributed by atoms with Crippen LogP contribution in [-0.4, -0.2) is 52.0 Å². The van der Waals surface area contributed by atoms with Gasteiger partial charge in [0.15, 0.2) is 5.82 Å². The van der Waals surface area contributed by atoms with Gasteiger partial charge in [-0.15, -0.1) is 0 Å². The van der Waals surface area contributed by atoms with E-state index in [1.54, 1.807) is 0 Å². The second kappa shape index (κ2) is 10.1. The summed E-state index contributed by atoms with van der Waals surface area (Å²) in [5, 5.41) is 7.14. The fraction of sp³-hybridized carbons (Fsp3) is 0.421. The predicted octanol–water partition coefficient (Wildman–Crippen LogP) is 2.09. The molecule has 1 aliphatic rings. The third-order valence-corrected chi connectivity index (χ3v) is 5.53. The number of ether oxygens (including phenoxy) is 2. The highest BCUT2D eigenvalue weighted by Gasteiger charge is 2.29. The van der Waals surface area contributed by atoms with Crippen molar-refractivity contribution >= 4 is 33.7 Å². The van der Waals surface area contributed by atoms with E-state index in [1.165, 1.54) is 29.1 Å². The Labute approximate surface area is 168 Å². The van der Waals surface area contributed by atoms with Crippen LogP contribution in [0.15, 0.2) is 41.5 Å². The Morgan fingerprint density at radius 1 is 1.33 bits per heavy atom. The average molecular weight is 406 g/mol. The van der Waals surface area contributed by atoms with Gasteiger partial charge in [-0.1, -0.05) is 42.1 Å². The highest BCUT2D eigenvalue weighted by Crippen LogP contribution is 2.29. The molecule has 27 heavy (non-hydrogen) atoms. The van der Waals surface area contributed by atoms with E-state index >= 15 is 0 Å². The molecular formula is C19H25N4O2S2+. The molecule has 2 aromatic rings. The van der Waals surface area contributed by atoms with Crippen LogP contribution < -0.4 is 5.41 Å². The Kier molecular flexibility index (Phi) is 7.51. The number of hydrogen-bond acceptors (Lipinski definition) is 5. The Hall–Kier alpha value is -1.61. The Bertz CT molecular complexity index is 779. The van der Waals surface area contributed by atoms with Crippen molar-refractivity contribution in [3.05, 3.63) is 53.6 Å². The molecule has 1 unspecified atom stereocenters. The van der Waals surface area contributed by atoms with Crippen molar-refractivity contribution in [2.75, 3.05) is 25.7 Å². The van der Waals surface area contributed by atoms with Crippen LogP contribution in [0.5, 0.6) is 0 Å². The van der Waals surface area contributed by atoms with Gasteiger partial charge >= 0.3 is 5.17 Å². The van der Waals surface area contributed by atoms with Crippen LogP contribution in [0.3, 0.4) is 0 Å². The van der Waals surface area contributed by atoms with Gasteiger partial charge in [-0.25, -0.2) is 4.98 Å². The van der Waals surface area contributed by atoms with E-state index in [4.69, 9.17) is 14.9 Å². The number of amidine groups is 1. The summed E-state index contributed by atoms with van der Waals surface area (Å²) < 4.78 is 11.7. The Morgan fingerprint density at radius 2 is 2.15 bits per heavy atom. The first-order valence-electron chi connectivity index (χ1n) is 8.77. The molecule has 0 radical (unpaired) electrons. The quantitative estimate of drug-likeness (QED) is 0.568. The number of H-pyrrole nitrogens is 1. The lowest BCUT2D eigenvalue weighted by atomic mass is 10.0. The number of thioether (sulfide) groups is 2. The number of nitrogens with zero attached hydrogens (tertiary/aromatic N) is 2. The maximum absolute atomic E-state index is 5.90. The highest BCUT2D eigenvalue weighted by molar-refractivity contribution is 8.15. The molecular weight excluding hydrogens is 380 g/mol. The zero-order valence-corrected chi connectivity index (χ0v) is 17.2. The van der Waals surface area contributed by atoms with E-state index in [2.05, 4.69) is 27.1 Å². The fourth-order valence-corrected chi connectivity index (χ4v) is 3.64. The van der Waals surface area contributed by atoms with Gasteiger partial charge in [-0.3, -0.25) is 5.41 Å². The Balaban J connectivity index is 1.52. The molecule has 144 valence electrons. The minimum atomic E-state index is 0.111. The van der Waals surface area contributed by atoms with Gasteiger partial charge in [-0.05, 0) is 41.3 Å². The number of nitrogens with two attached hydrogens (primary N) is 1. The number of nitrogens with one attached hydrogen (secondary N) is 1. The van der Waals surface area contributed by atoms with Crippen LogP contribution in [-0.2, 0) is 16.1 Å². The van der Waals surface area contributed by atoms with Crippen LogP contribution in [0.1, 0.15) is 29.4 Å². The van der Waals surface area contributed by atoms with E-state index < -0.39 is 0 Å². The second-order valence-electron chi connectivity index (χ2n) is 6.24. The van der Waals surface area contributed by atoms with Gasteiger partial charge in [0.05, 0.1) is 25.9 Å². The van der Waals surface area contributed by atoms with E-state index in [-0.39, 0.29) is 6.10 Å². The van der Waals surface area contributed by atoms with E-state index in [0.29, 0.717) is 30.9 Å². The van der Waals surface area contributed by atoms with Crippen molar-refractivity contribution in [3.8, 4) is 0 Å². The SMILES string of the molecule is CSC(=[NH2+])N=C(SC)c1ncc(C2CO[C@H](COCc3ccccc3)C2)[nH]1. The molecule has 0 spiro atoms. The minimum absolute atomic E-state index is 0.111. The molecule has 3 N–H and O–H groups in total. The normalized spacial score (nSPS) is 20.1. The summed E-state index contributed by atoms with van der Waals surface area (Å²) in [5.41, 5.74) is 2.25. The summed E-state index contributed by atoms with van der Waals surface area (Å²) >= 11 is 2.94. The van der Waals surface area contributed by atoms with Gasteiger partial charge in [0.1, 0.15) is 0 Å². The predicted molar refractivity (Wildman–Crippen MR) is 112 cm³/mol. The lowest BCUT2D eigenvalue weighted by Gasteiger charge is -2.10. The molecule has 0 aliphatic carbocycles. The summed E-state index contributed by atoms with van der Waals surface area (Å²) in [5.74, 6) is 1.04. The summed E-state index contributed by atoms with van der Waals surface area (Å²) in [4.78, 5) is 12.3. The number of aliphatic imine (C=N–C) groups is 1. The van der Waals surface area contributed by atoms with E-state index in [1.807, 2.05) is 36.9 Å². The van der Waals surface area contributed by atoms with Gasteiger partial charge in [0, 0.05) is 17.8 Å². The number of aromatic nitrogens is 2. The number of aromatic amines is 1. The van der Waals surface area contributed by atoms with Crippen molar-refractivity contribution in [2.45, 2.75) is 25.0 Å². The standard InChI is InChI=1S/C19H24N4O2S2/c1-26-18(23-19(20)27-2)17-21-9-16(22-17)14-8-15(25-11-14)12-24-10-13-6-4-3-5-7-13/h3-7,9,14-15,20H,8,10-12H2,1-2H3,(H,21,22)/p+1/t14?,15-/m0/s1. The topological polar surface area (TPSA) is 85.1 Å². The van der Waals surface area contributed by atoms with E-state index in [9.17, 15) is 0 Å². The van der Waals surface area contributed by atoms with Crippen molar-refractivity contribution in [1.82, 2.24) is 9.97 Å². The molecule has 0 saturated carbocycles. The van der Waals surface area contributed by atoms with Crippen LogP contribution in [0.2, 0.25) is 0 Å². The van der Waals surface area contributed by atoms with Crippen molar-refractivity contribution in [2.24, 2.45) is 4.99 Å². The first kappa shape index (κ1) is 20.1. The molecule has 6 nitrogen and oxygen atoms in total. The van der Waals surface area contributed by atoms with Gasteiger partial charge in [0.2, 0.25) is 0 Å². The smallest absolute Gasteiger partial charge is 0.351 e. The average Bonchev–Trinajstić information content (AvgIpc) is 3.36. The maximum Gasteiger partial charge on any atom is 0.351 e. The van der Waals surface area contributed by atoms with Crippen molar-refractivity contribution in [1.29, 1.82) is 0 Å². The molecule has 1 aliphatic heterocycles. The third-order valence-electron chi connectivity index (χ3n) is 4.35. The molecule has 2 atom stereocenters. The van der Waals surface area contributed by atoms with Crippen LogP contribution in [0, 0.1) is 0 Å². The fourth-order valence-electron chi connectivity index (χ4n) is 2.91. The molecule has 1 aromatic heterocycles. The van der Waals surface area contributed by atoms with Crippen LogP contribution >= 0.6 is 23.5 Å². The highest BCUT2D eigenvalue weighted by atomic mass is 32.2. The molecule has 1 fully saturated rings. The second-order valence-corrected chi connectivity index (χ2v) is 7.86. The van der Waals surface area contributed by atoms with Gasteiger partial charge in [0.25, 0.3) is 5.04 Å². The molecule has 1 aromatic carbocycles. The molecule has 8 heteroatoms. The molecule has 2 heterocycles. The van der Waals surface area contributed by atoms with Crippen molar-refractivity contribution in [3.63, 3.8) is 0 Å². The zero-order chi connectivity index (χ0) is 19.1. The lowest BCUT2D eigenvalue weighted by Crippen LogP contribution is -2.36.